The summed E-state index contributed by atoms with van der Waals surface area (Å²) in [5.41, 5.74) is 1.60. The Hall–Kier alpha value is -1.64. The number of hydrogen-bond donors (Lipinski definition) is 1. The molecule has 0 saturated heterocycles. The van der Waals surface area contributed by atoms with Gasteiger partial charge in [-0.1, -0.05) is 12.1 Å². The van der Waals surface area contributed by atoms with Gasteiger partial charge >= 0.3 is 6.41 Å². The van der Waals surface area contributed by atoms with Gasteiger partial charge in [0.2, 0.25) is 6.29 Å². The Labute approximate surface area is 70.4 Å². The summed E-state index contributed by atoms with van der Waals surface area (Å²) in [4.78, 5) is 20.4. The van der Waals surface area contributed by atoms with Crippen molar-refractivity contribution in [3.05, 3.63) is 29.3 Å². The summed E-state index contributed by atoms with van der Waals surface area (Å²) >= 11 is 0. The van der Waals surface area contributed by atoms with Gasteiger partial charge in [0.15, 0.2) is 0 Å². The van der Waals surface area contributed by atoms with E-state index in [4.69, 9.17) is 0 Å². The number of hydrogen-bond acceptors (Lipinski definition) is 2. The van der Waals surface area contributed by atoms with Gasteiger partial charge in [0, 0.05) is 0 Å². The van der Waals surface area contributed by atoms with Gasteiger partial charge in [-0.2, -0.15) is 0 Å². The number of anilines is 1. The second-order valence-electron chi connectivity index (χ2n) is 2.33. The predicted molar refractivity (Wildman–Crippen MR) is 45.3 cm³/mol. The number of carbonyl (C=O) groups excluding carboxylic acids is 2. The van der Waals surface area contributed by atoms with Gasteiger partial charge in [0.25, 0.3) is 0 Å². The lowest BCUT2D eigenvalue weighted by Crippen LogP contribution is -1.99. The van der Waals surface area contributed by atoms with Crippen molar-refractivity contribution in [2.45, 2.75) is 6.92 Å². The fraction of sp³-hybridized carbons (Fsp3) is 0.111. The summed E-state index contributed by atoms with van der Waals surface area (Å²) < 4.78 is 0. The van der Waals surface area contributed by atoms with Crippen molar-refractivity contribution < 1.29 is 9.59 Å². The molecule has 1 aromatic rings. The molecule has 0 atom stereocenters. The zero-order valence-electron chi connectivity index (χ0n) is 6.55. The lowest BCUT2D eigenvalue weighted by molar-refractivity contribution is 0.560. The Balaban J connectivity index is 3.17. The van der Waals surface area contributed by atoms with Gasteiger partial charge in [-0.05, 0) is 18.6 Å². The Kier molecular flexibility index (Phi) is 2.58. The molecule has 1 amide bonds. The highest BCUT2D eigenvalue weighted by Gasteiger charge is 2.03. The Morgan fingerprint density at radius 2 is 2.08 bits per heavy atom. The van der Waals surface area contributed by atoms with E-state index in [1.54, 1.807) is 31.4 Å². The van der Waals surface area contributed by atoms with Crippen LogP contribution in [0.15, 0.2) is 18.2 Å². The number of amides is 1. The van der Waals surface area contributed by atoms with Crippen molar-refractivity contribution in [3.63, 3.8) is 0 Å². The highest BCUT2D eigenvalue weighted by molar-refractivity contribution is 5.90. The van der Waals surface area contributed by atoms with Gasteiger partial charge in [-0.3, -0.25) is 9.59 Å². The third-order valence-electron chi connectivity index (χ3n) is 1.56. The molecule has 0 fully saturated rings. The van der Waals surface area contributed by atoms with Crippen molar-refractivity contribution >= 4 is 18.4 Å². The van der Waals surface area contributed by atoms with E-state index in [1.807, 2.05) is 0 Å². The largest absolute Gasteiger partial charge is 0.317 e. The molecule has 12 heavy (non-hydrogen) atoms. The highest BCUT2D eigenvalue weighted by Crippen LogP contribution is 2.15. The number of benzene rings is 1. The topological polar surface area (TPSA) is 46.2 Å². The molecular weight excluding hydrogens is 154 g/mol. The van der Waals surface area contributed by atoms with Crippen LogP contribution in [0.4, 0.5) is 5.69 Å². The van der Waals surface area contributed by atoms with Gasteiger partial charge in [0.05, 0.1) is 11.3 Å². The van der Waals surface area contributed by atoms with Crippen LogP contribution in [0.2, 0.25) is 0 Å². The summed E-state index contributed by atoms with van der Waals surface area (Å²) in [5, 5.41) is 2.30. The van der Waals surface area contributed by atoms with Crippen LogP contribution in [0, 0.1) is 6.92 Å². The Morgan fingerprint density at radius 1 is 1.33 bits per heavy atom. The second kappa shape index (κ2) is 3.67. The first-order valence-corrected chi connectivity index (χ1v) is 3.40. The summed E-state index contributed by atoms with van der Waals surface area (Å²) in [7, 11) is 0. The lowest BCUT2D eigenvalue weighted by atomic mass is 10.1. The summed E-state index contributed by atoms with van der Waals surface area (Å²) in [6.45, 7) is 1.77. The molecule has 0 aliphatic heterocycles. The van der Waals surface area contributed by atoms with E-state index in [2.05, 4.69) is 5.32 Å². The zero-order valence-corrected chi connectivity index (χ0v) is 6.55. The van der Waals surface area contributed by atoms with E-state index in [1.165, 1.54) is 6.41 Å². The van der Waals surface area contributed by atoms with E-state index in [0.717, 1.165) is 5.56 Å². The fourth-order valence-electron chi connectivity index (χ4n) is 0.962. The van der Waals surface area contributed by atoms with Crippen molar-refractivity contribution in [3.8, 4) is 0 Å². The average Bonchev–Trinajstić information content (AvgIpc) is 2.05. The van der Waals surface area contributed by atoms with Crippen LogP contribution < -0.4 is 5.32 Å². The van der Waals surface area contributed by atoms with Crippen LogP contribution >= 0.6 is 0 Å². The molecule has 1 aromatic carbocycles. The number of rotatable bonds is 3. The van der Waals surface area contributed by atoms with Crippen LogP contribution in [0.1, 0.15) is 11.1 Å². The fourth-order valence-corrected chi connectivity index (χ4v) is 0.962. The van der Waals surface area contributed by atoms with E-state index < -0.39 is 0 Å². The quantitative estimate of drug-likeness (QED) is 0.670. The molecule has 3 heteroatoms. The van der Waals surface area contributed by atoms with Crippen LogP contribution in [-0.2, 0) is 9.59 Å². The standard InChI is InChI=1S/C9H7NO2/c1-7-3-2-4-9(10-6-12)8(7)5-11/h2-4H,1H3,(H,10,12). The highest BCUT2D eigenvalue weighted by atomic mass is 16.1. The van der Waals surface area contributed by atoms with Gasteiger partial charge in [-0.15, -0.1) is 0 Å². The Morgan fingerprint density at radius 3 is 2.67 bits per heavy atom. The molecular formula is C9H7NO2. The molecule has 1 N–H and O–H groups in total. The van der Waals surface area contributed by atoms with Crippen LogP contribution in [0.25, 0.3) is 0 Å². The molecule has 3 nitrogen and oxygen atoms in total. The molecule has 0 aliphatic carbocycles. The lowest BCUT2D eigenvalue weighted by Gasteiger charge is -2.02. The van der Waals surface area contributed by atoms with E-state index in [0.29, 0.717) is 11.3 Å². The minimum atomic E-state index is 0.376. The summed E-state index contributed by atoms with van der Waals surface area (Å²) in [6, 6.07) is 5.14. The average molecular weight is 161 g/mol. The first kappa shape index (κ1) is 8.46. The van der Waals surface area contributed by atoms with Crippen molar-refractivity contribution in [1.29, 1.82) is 0 Å². The van der Waals surface area contributed by atoms with Gasteiger partial charge < -0.3 is 5.32 Å². The molecule has 0 saturated carbocycles. The van der Waals surface area contributed by atoms with Crippen molar-refractivity contribution in [2.75, 3.05) is 5.32 Å². The monoisotopic (exact) mass is 161 g/mol. The number of nitrogens with one attached hydrogen (secondary N) is 1. The first-order valence-electron chi connectivity index (χ1n) is 3.40. The van der Waals surface area contributed by atoms with Crippen LogP contribution in [0.3, 0.4) is 0 Å². The van der Waals surface area contributed by atoms with Crippen LogP contribution in [0.5, 0.6) is 0 Å². The van der Waals surface area contributed by atoms with E-state index >= 15 is 0 Å². The molecule has 0 spiro atoms. The third-order valence-corrected chi connectivity index (χ3v) is 1.56. The maximum Gasteiger partial charge on any atom is 0.314 e. The molecule has 1 rings (SSSR count). The van der Waals surface area contributed by atoms with Crippen molar-refractivity contribution in [2.24, 2.45) is 0 Å². The van der Waals surface area contributed by atoms with E-state index in [-0.39, 0.29) is 0 Å². The molecule has 0 aromatic heterocycles. The maximum absolute atomic E-state index is 10.4. The minimum Gasteiger partial charge on any atom is -0.317 e. The zero-order chi connectivity index (χ0) is 8.97. The molecule has 0 unspecified atom stereocenters. The SMILES string of the molecule is Cc1cccc(N[C]=O)c1[C]=O. The second-order valence-corrected chi connectivity index (χ2v) is 2.33. The molecule has 0 bridgehead atoms. The maximum atomic E-state index is 10.4. The predicted octanol–water partition coefficient (Wildman–Crippen LogP) is 0.932. The van der Waals surface area contributed by atoms with Crippen molar-refractivity contribution in [1.82, 2.24) is 0 Å². The van der Waals surface area contributed by atoms with Crippen LogP contribution in [-0.4, -0.2) is 12.7 Å². The smallest absolute Gasteiger partial charge is 0.314 e. The minimum absolute atomic E-state index is 0.376. The van der Waals surface area contributed by atoms with E-state index in [9.17, 15) is 9.59 Å². The number of aryl methyl sites for hydroxylation is 1. The molecule has 0 heterocycles. The molecule has 60 valence electrons. The van der Waals surface area contributed by atoms with Gasteiger partial charge in [-0.25, -0.2) is 0 Å². The Bertz CT molecular complexity index is 307. The van der Waals surface area contributed by atoms with Gasteiger partial charge in [0.1, 0.15) is 0 Å². The molecule has 2 radical (unpaired) electrons. The summed E-state index contributed by atoms with van der Waals surface area (Å²) in [6.07, 6.45) is 3.26. The normalized spacial score (nSPS) is 9.08. The summed E-state index contributed by atoms with van der Waals surface area (Å²) in [5.74, 6) is 0. The molecule has 0 aliphatic rings. The first-order chi connectivity index (χ1) is 5.79. The third kappa shape index (κ3) is 1.50.